The highest BCUT2D eigenvalue weighted by Crippen LogP contribution is 2.25. The van der Waals surface area contributed by atoms with Crippen LogP contribution in [0.4, 0.5) is 0 Å². The fraction of sp³-hybridized carbons (Fsp3) is 0.458. The summed E-state index contributed by atoms with van der Waals surface area (Å²) >= 11 is 0. The van der Waals surface area contributed by atoms with Gasteiger partial charge in [0.25, 0.3) is 5.91 Å². The summed E-state index contributed by atoms with van der Waals surface area (Å²) in [5.41, 5.74) is 6.47. The molecule has 1 amide bonds. The fourth-order valence-electron chi connectivity index (χ4n) is 3.69. The molecule has 2 aromatic rings. The molecule has 0 saturated heterocycles. The number of benzene rings is 2. The maximum absolute atomic E-state index is 12.8. The van der Waals surface area contributed by atoms with Gasteiger partial charge in [-0.3, -0.25) is 4.79 Å². The molecule has 0 radical (unpaired) electrons. The van der Waals surface area contributed by atoms with Gasteiger partial charge in [-0.1, -0.05) is 31.2 Å². The second-order valence-electron chi connectivity index (χ2n) is 7.73. The number of carbonyl (C=O) groups is 1. The molecule has 0 aromatic heterocycles. The van der Waals surface area contributed by atoms with Crippen LogP contribution in [0.3, 0.4) is 0 Å². The van der Waals surface area contributed by atoms with Crippen LogP contribution in [-0.4, -0.2) is 12.0 Å². The normalized spacial score (nSPS) is 15.6. The molecule has 0 unspecified atom stereocenters. The zero-order valence-corrected chi connectivity index (χ0v) is 17.0. The summed E-state index contributed by atoms with van der Waals surface area (Å²) in [6.07, 6.45) is 5.03. The molecule has 3 nitrogen and oxygen atoms in total. The van der Waals surface area contributed by atoms with Crippen LogP contribution in [0.15, 0.2) is 36.4 Å². The lowest BCUT2D eigenvalue weighted by atomic mass is 9.89. The van der Waals surface area contributed by atoms with Gasteiger partial charge in [-0.15, -0.1) is 0 Å². The van der Waals surface area contributed by atoms with Gasteiger partial charge in [0, 0.05) is 0 Å². The summed E-state index contributed by atoms with van der Waals surface area (Å²) in [5, 5.41) is 3.14. The molecule has 0 saturated carbocycles. The SMILES string of the molecule is CC[C@@H](Oc1ccc(C)c(C)c1)C(=O)N[C@@H](C)c1ccc2c(c1)CCCC2. The Bertz CT molecular complexity index is 812. The van der Waals surface area contributed by atoms with Crippen LogP contribution >= 0.6 is 0 Å². The lowest BCUT2D eigenvalue weighted by Gasteiger charge is -2.23. The van der Waals surface area contributed by atoms with Crippen LogP contribution in [0.1, 0.15) is 67.0 Å². The zero-order chi connectivity index (χ0) is 19.4. The second-order valence-corrected chi connectivity index (χ2v) is 7.73. The van der Waals surface area contributed by atoms with Crippen molar-refractivity contribution in [2.45, 2.75) is 71.9 Å². The minimum Gasteiger partial charge on any atom is -0.481 e. The highest BCUT2D eigenvalue weighted by atomic mass is 16.5. The van der Waals surface area contributed by atoms with Gasteiger partial charge in [0.1, 0.15) is 5.75 Å². The van der Waals surface area contributed by atoms with Gasteiger partial charge in [-0.25, -0.2) is 0 Å². The molecule has 2 atom stereocenters. The molecule has 0 heterocycles. The smallest absolute Gasteiger partial charge is 0.261 e. The van der Waals surface area contributed by atoms with Crippen molar-refractivity contribution in [3.63, 3.8) is 0 Å². The first kappa shape index (κ1) is 19.5. The first-order valence-electron chi connectivity index (χ1n) is 10.1. The van der Waals surface area contributed by atoms with E-state index in [9.17, 15) is 4.79 Å². The van der Waals surface area contributed by atoms with E-state index in [2.05, 4.69) is 37.4 Å². The number of hydrogen-bond donors (Lipinski definition) is 1. The van der Waals surface area contributed by atoms with Crippen molar-refractivity contribution in [2.75, 3.05) is 0 Å². The minimum atomic E-state index is -0.479. The molecule has 2 aromatic carbocycles. The molecule has 3 heteroatoms. The number of hydrogen-bond acceptors (Lipinski definition) is 2. The second kappa shape index (κ2) is 8.60. The van der Waals surface area contributed by atoms with Crippen molar-refractivity contribution >= 4 is 5.91 Å². The molecule has 3 rings (SSSR count). The molecule has 0 fully saturated rings. The summed E-state index contributed by atoms with van der Waals surface area (Å²) in [5.74, 6) is 0.697. The van der Waals surface area contributed by atoms with Gasteiger partial charge in [0.15, 0.2) is 6.10 Å². The van der Waals surface area contributed by atoms with Crippen LogP contribution in [0.25, 0.3) is 0 Å². The molecular formula is C24H31NO2. The predicted octanol–water partition coefficient (Wildman–Crippen LogP) is 5.22. The Kier molecular flexibility index (Phi) is 6.20. The average molecular weight is 366 g/mol. The molecule has 0 spiro atoms. The van der Waals surface area contributed by atoms with E-state index in [-0.39, 0.29) is 11.9 Å². The fourth-order valence-corrected chi connectivity index (χ4v) is 3.69. The summed E-state index contributed by atoms with van der Waals surface area (Å²) < 4.78 is 5.98. The van der Waals surface area contributed by atoms with Gasteiger partial charge < -0.3 is 10.1 Å². The molecule has 1 aliphatic rings. The van der Waals surface area contributed by atoms with Crippen LogP contribution in [0.5, 0.6) is 5.75 Å². The van der Waals surface area contributed by atoms with E-state index >= 15 is 0 Å². The Morgan fingerprint density at radius 3 is 2.48 bits per heavy atom. The summed E-state index contributed by atoms with van der Waals surface area (Å²) in [6, 6.07) is 12.6. The van der Waals surface area contributed by atoms with Crippen molar-refractivity contribution < 1.29 is 9.53 Å². The van der Waals surface area contributed by atoms with Crippen molar-refractivity contribution in [2.24, 2.45) is 0 Å². The maximum atomic E-state index is 12.8. The number of nitrogens with one attached hydrogen (secondary N) is 1. The van der Waals surface area contributed by atoms with Crippen LogP contribution < -0.4 is 10.1 Å². The molecule has 1 N–H and O–H groups in total. The monoisotopic (exact) mass is 365 g/mol. The molecular weight excluding hydrogens is 334 g/mol. The third-order valence-electron chi connectivity index (χ3n) is 5.65. The minimum absolute atomic E-state index is 0.0258. The predicted molar refractivity (Wildman–Crippen MR) is 110 cm³/mol. The topological polar surface area (TPSA) is 38.3 Å². The summed E-state index contributed by atoms with van der Waals surface area (Å²) in [7, 11) is 0. The quantitative estimate of drug-likeness (QED) is 0.762. The van der Waals surface area contributed by atoms with Crippen LogP contribution in [-0.2, 0) is 17.6 Å². The number of rotatable bonds is 6. The Morgan fingerprint density at radius 2 is 1.78 bits per heavy atom. The van der Waals surface area contributed by atoms with Crippen LogP contribution in [0, 0.1) is 13.8 Å². The Morgan fingerprint density at radius 1 is 1.04 bits per heavy atom. The number of fused-ring (bicyclic) bond motifs is 1. The molecule has 144 valence electrons. The summed E-state index contributed by atoms with van der Waals surface area (Å²) in [4.78, 5) is 12.8. The van der Waals surface area contributed by atoms with Gasteiger partial charge in [0.2, 0.25) is 0 Å². The van der Waals surface area contributed by atoms with Crippen molar-refractivity contribution in [3.05, 3.63) is 64.2 Å². The Labute approximate surface area is 163 Å². The van der Waals surface area contributed by atoms with E-state index in [4.69, 9.17) is 4.74 Å². The lowest BCUT2D eigenvalue weighted by molar-refractivity contribution is -0.128. The zero-order valence-electron chi connectivity index (χ0n) is 17.0. The first-order valence-corrected chi connectivity index (χ1v) is 10.1. The number of amides is 1. The van der Waals surface area contributed by atoms with Crippen molar-refractivity contribution in [1.29, 1.82) is 0 Å². The lowest BCUT2D eigenvalue weighted by Crippen LogP contribution is -2.39. The van der Waals surface area contributed by atoms with E-state index in [0.717, 1.165) is 12.2 Å². The average Bonchev–Trinajstić information content (AvgIpc) is 2.68. The third kappa shape index (κ3) is 4.71. The largest absolute Gasteiger partial charge is 0.481 e. The highest BCUT2D eigenvalue weighted by Gasteiger charge is 2.21. The number of carbonyl (C=O) groups excluding carboxylic acids is 1. The van der Waals surface area contributed by atoms with Crippen molar-refractivity contribution in [1.82, 2.24) is 5.32 Å². The van der Waals surface area contributed by atoms with E-state index in [1.165, 1.54) is 47.1 Å². The van der Waals surface area contributed by atoms with Gasteiger partial charge >= 0.3 is 0 Å². The highest BCUT2D eigenvalue weighted by molar-refractivity contribution is 5.81. The number of ether oxygens (including phenoxy) is 1. The van der Waals surface area contributed by atoms with E-state index < -0.39 is 6.10 Å². The first-order chi connectivity index (χ1) is 13.0. The molecule has 27 heavy (non-hydrogen) atoms. The Hall–Kier alpha value is -2.29. The Balaban J connectivity index is 1.66. The maximum Gasteiger partial charge on any atom is 0.261 e. The molecule has 0 bridgehead atoms. The van der Waals surface area contributed by atoms with Gasteiger partial charge in [0.05, 0.1) is 6.04 Å². The van der Waals surface area contributed by atoms with Crippen molar-refractivity contribution in [3.8, 4) is 5.75 Å². The summed E-state index contributed by atoms with van der Waals surface area (Å²) in [6.45, 7) is 8.16. The van der Waals surface area contributed by atoms with E-state index in [1.54, 1.807) is 0 Å². The van der Waals surface area contributed by atoms with Crippen LogP contribution in [0.2, 0.25) is 0 Å². The van der Waals surface area contributed by atoms with Gasteiger partial charge in [-0.05, 0) is 92.8 Å². The number of aryl methyl sites for hydroxylation is 4. The van der Waals surface area contributed by atoms with E-state index in [0.29, 0.717) is 6.42 Å². The third-order valence-corrected chi connectivity index (χ3v) is 5.65. The van der Waals surface area contributed by atoms with E-state index in [1.807, 2.05) is 32.0 Å². The standard InChI is InChI=1S/C24H31NO2/c1-5-23(27-22-13-10-16(2)17(3)14-22)24(26)25-18(4)20-12-11-19-8-6-7-9-21(19)15-20/h10-15,18,23H,5-9H2,1-4H3,(H,25,26)/t18-,23+/m0/s1. The molecule has 0 aliphatic heterocycles. The van der Waals surface area contributed by atoms with Gasteiger partial charge in [-0.2, -0.15) is 0 Å². The molecule has 1 aliphatic carbocycles.